The standard InChI is InChI=1S/C18H16ClN3O4/c1-24-14-8-10(7-12(19)16(14)25-2)18(23)26-9-15-21-13-6-4-3-5-11(13)17(20)22-15/h3-8H,9H2,1-2H3,(H2,20,21,22). The maximum absolute atomic E-state index is 12.3. The van der Waals surface area contributed by atoms with Crippen molar-refractivity contribution in [2.24, 2.45) is 0 Å². The summed E-state index contributed by atoms with van der Waals surface area (Å²) in [4.78, 5) is 20.8. The Kier molecular flexibility index (Phi) is 5.09. The maximum atomic E-state index is 12.3. The minimum absolute atomic E-state index is 0.125. The molecule has 0 radical (unpaired) electrons. The zero-order valence-electron chi connectivity index (χ0n) is 14.2. The molecule has 0 atom stereocenters. The monoisotopic (exact) mass is 373 g/mol. The molecule has 0 saturated heterocycles. The Bertz CT molecular complexity index is 978. The number of anilines is 1. The van der Waals surface area contributed by atoms with Crippen LogP contribution < -0.4 is 15.2 Å². The second-order valence-corrected chi connectivity index (χ2v) is 5.72. The summed E-state index contributed by atoms with van der Waals surface area (Å²) in [6.07, 6.45) is 0. The summed E-state index contributed by atoms with van der Waals surface area (Å²) in [5.74, 6) is 0.717. The lowest BCUT2D eigenvalue weighted by molar-refractivity contribution is 0.0462. The van der Waals surface area contributed by atoms with Crippen LogP contribution in [-0.4, -0.2) is 30.2 Å². The van der Waals surface area contributed by atoms with E-state index in [1.165, 1.54) is 26.4 Å². The van der Waals surface area contributed by atoms with Crippen LogP contribution in [-0.2, 0) is 11.3 Å². The third-order valence-corrected chi connectivity index (χ3v) is 3.96. The molecule has 8 heteroatoms. The lowest BCUT2D eigenvalue weighted by atomic mass is 10.2. The Morgan fingerprint density at radius 2 is 1.92 bits per heavy atom. The molecule has 0 aliphatic carbocycles. The molecule has 26 heavy (non-hydrogen) atoms. The van der Waals surface area contributed by atoms with E-state index >= 15 is 0 Å². The van der Waals surface area contributed by atoms with E-state index in [0.717, 1.165) is 5.39 Å². The van der Waals surface area contributed by atoms with Crippen molar-refractivity contribution in [2.45, 2.75) is 6.61 Å². The van der Waals surface area contributed by atoms with Crippen molar-refractivity contribution in [2.75, 3.05) is 20.0 Å². The number of nitrogens with zero attached hydrogens (tertiary/aromatic N) is 2. The molecular weight excluding hydrogens is 358 g/mol. The molecule has 0 amide bonds. The first-order valence-corrected chi connectivity index (χ1v) is 8.01. The van der Waals surface area contributed by atoms with Crippen molar-refractivity contribution in [3.8, 4) is 11.5 Å². The average molecular weight is 374 g/mol. The van der Waals surface area contributed by atoms with Crippen LogP contribution in [0.1, 0.15) is 16.2 Å². The topological polar surface area (TPSA) is 96.6 Å². The summed E-state index contributed by atoms with van der Waals surface area (Å²) < 4.78 is 15.6. The fourth-order valence-corrected chi connectivity index (χ4v) is 2.75. The van der Waals surface area contributed by atoms with Crippen molar-refractivity contribution in [1.29, 1.82) is 0 Å². The van der Waals surface area contributed by atoms with E-state index in [1.54, 1.807) is 0 Å². The third-order valence-electron chi connectivity index (χ3n) is 3.68. The van der Waals surface area contributed by atoms with Crippen molar-refractivity contribution in [3.05, 3.63) is 52.8 Å². The molecular formula is C18H16ClN3O4. The normalized spacial score (nSPS) is 10.6. The van der Waals surface area contributed by atoms with E-state index in [2.05, 4.69) is 9.97 Å². The fourth-order valence-electron chi connectivity index (χ4n) is 2.46. The van der Waals surface area contributed by atoms with Crippen molar-refractivity contribution in [1.82, 2.24) is 9.97 Å². The summed E-state index contributed by atoms with van der Waals surface area (Å²) in [7, 11) is 2.91. The predicted octanol–water partition coefficient (Wildman–Crippen LogP) is 3.24. The van der Waals surface area contributed by atoms with Crippen molar-refractivity contribution < 1.29 is 19.0 Å². The lowest BCUT2D eigenvalue weighted by Crippen LogP contribution is -2.09. The van der Waals surface area contributed by atoms with Crippen LogP contribution in [0, 0.1) is 0 Å². The number of para-hydroxylation sites is 1. The first-order valence-electron chi connectivity index (χ1n) is 7.63. The second-order valence-electron chi connectivity index (χ2n) is 5.31. The lowest BCUT2D eigenvalue weighted by Gasteiger charge is -2.11. The van der Waals surface area contributed by atoms with Crippen LogP contribution in [0.4, 0.5) is 5.82 Å². The van der Waals surface area contributed by atoms with Gasteiger partial charge in [0.1, 0.15) is 5.82 Å². The molecule has 0 spiro atoms. The first kappa shape index (κ1) is 17.8. The highest BCUT2D eigenvalue weighted by atomic mass is 35.5. The maximum Gasteiger partial charge on any atom is 0.338 e. The van der Waals surface area contributed by atoms with Crippen LogP contribution in [0.3, 0.4) is 0 Å². The van der Waals surface area contributed by atoms with Gasteiger partial charge in [0.2, 0.25) is 0 Å². The van der Waals surface area contributed by atoms with E-state index < -0.39 is 5.97 Å². The van der Waals surface area contributed by atoms with E-state index in [1.807, 2.05) is 24.3 Å². The van der Waals surface area contributed by atoms with Gasteiger partial charge in [0.05, 0.1) is 30.3 Å². The summed E-state index contributed by atoms with van der Waals surface area (Å²) >= 11 is 6.11. The van der Waals surface area contributed by atoms with Crippen LogP contribution in [0.2, 0.25) is 5.02 Å². The van der Waals surface area contributed by atoms with Crippen LogP contribution in [0.15, 0.2) is 36.4 Å². The second kappa shape index (κ2) is 7.45. The Hall–Kier alpha value is -3.06. The van der Waals surface area contributed by atoms with Crippen LogP contribution in [0.5, 0.6) is 11.5 Å². The fraction of sp³-hybridized carbons (Fsp3) is 0.167. The number of nitrogens with two attached hydrogens (primary N) is 1. The Morgan fingerprint density at radius 3 is 2.65 bits per heavy atom. The van der Waals surface area contributed by atoms with Gasteiger partial charge in [0, 0.05) is 5.39 Å². The summed E-state index contributed by atoms with van der Waals surface area (Å²) in [6, 6.07) is 10.3. The number of hydrogen-bond donors (Lipinski definition) is 1. The number of benzene rings is 2. The minimum atomic E-state index is -0.594. The predicted molar refractivity (Wildman–Crippen MR) is 97.6 cm³/mol. The van der Waals surface area contributed by atoms with E-state index in [-0.39, 0.29) is 17.2 Å². The van der Waals surface area contributed by atoms with Gasteiger partial charge in [-0.05, 0) is 24.3 Å². The van der Waals surface area contributed by atoms with Gasteiger partial charge in [0.15, 0.2) is 23.9 Å². The first-order chi connectivity index (χ1) is 12.5. The molecule has 0 unspecified atom stereocenters. The number of halogens is 1. The highest BCUT2D eigenvalue weighted by molar-refractivity contribution is 6.32. The molecule has 134 valence electrons. The molecule has 2 aromatic carbocycles. The Labute approximate surface area is 154 Å². The molecule has 0 aliphatic rings. The summed E-state index contributed by atoms with van der Waals surface area (Å²) in [6.45, 7) is -0.125. The molecule has 2 N–H and O–H groups in total. The molecule has 0 saturated carbocycles. The van der Waals surface area contributed by atoms with Gasteiger partial charge < -0.3 is 19.9 Å². The summed E-state index contributed by atoms with van der Waals surface area (Å²) in [5.41, 5.74) is 6.83. The SMILES string of the molecule is COc1cc(C(=O)OCc2nc(N)c3ccccc3n2)cc(Cl)c1OC. The van der Waals surface area contributed by atoms with Crippen molar-refractivity contribution in [3.63, 3.8) is 0 Å². The van der Waals surface area contributed by atoms with E-state index in [0.29, 0.717) is 28.7 Å². The number of fused-ring (bicyclic) bond motifs is 1. The number of carbonyl (C=O) groups is 1. The molecule has 1 heterocycles. The zero-order valence-corrected chi connectivity index (χ0v) is 14.9. The highest BCUT2D eigenvalue weighted by Gasteiger charge is 2.17. The highest BCUT2D eigenvalue weighted by Crippen LogP contribution is 2.36. The number of carbonyl (C=O) groups excluding carboxylic acids is 1. The number of nitrogen functional groups attached to an aromatic ring is 1. The number of esters is 1. The van der Waals surface area contributed by atoms with Crippen molar-refractivity contribution >= 4 is 34.3 Å². The Balaban J connectivity index is 1.80. The number of rotatable bonds is 5. The molecule has 0 bridgehead atoms. The van der Waals surface area contributed by atoms with Gasteiger partial charge in [-0.15, -0.1) is 0 Å². The number of hydrogen-bond acceptors (Lipinski definition) is 7. The van der Waals surface area contributed by atoms with Gasteiger partial charge in [-0.2, -0.15) is 0 Å². The number of methoxy groups -OCH3 is 2. The molecule has 1 aromatic heterocycles. The van der Waals surface area contributed by atoms with E-state index in [9.17, 15) is 4.79 Å². The quantitative estimate of drug-likeness (QED) is 0.685. The number of aromatic nitrogens is 2. The average Bonchev–Trinajstić information content (AvgIpc) is 2.65. The molecule has 7 nitrogen and oxygen atoms in total. The van der Waals surface area contributed by atoms with Gasteiger partial charge in [-0.25, -0.2) is 14.8 Å². The molecule has 0 aliphatic heterocycles. The van der Waals surface area contributed by atoms with Gasteiger partial charge in [0.25, 0.3) is 0 Å². The third kappa shape index (κ3) is 3.48. The molecule has 3 aromatic rings. The van der Waals surface area contributed by atoms with Gasteiger partial charge in [-0.1, -0.05) is 23.7 Å². The number of ether oxygens (including phenoxy) is 3. The van der Waals surface area contributed by atoms with Gasteiger partial charge >= 0.3 is 5.97 Å². The largest absolute Gasteiger partial charge is 0.493 e. The van der Waals surface area contributed by atoms with Crippen LogP contribution in [0.25, 0.3) is 10.9 Å². The van der Waals surface area contributed by atoms with Crippen LogP contribution >= 0.6 is 11.6 Å². The Morgan fingerprint density at radius 1 is 1.15 bits per heavy atom. The van der Waals surface area contributed by atoms with Gasteiger partial charge in [-0.3, -0.25) is 0 Å². The molecule has 3 rings (SSSR count). The zero-order chi connectivity index (χ0) is 18.7. The minimum Gasteiger partial charge on any atom is -0.493 e. The summed E-state index contributed by atoms with van der Waals surface area (Å²) in [5, 5.41) is 0.985. The van der Waals surface area contributed by atoms with E-state index in [4.69, 9.17) is 31.5 Å². The molecule has 0 fully saturated rings. The smallest absolute Gasteiger partial charge is 0.338 e.